The van der Waals surface area contributed by atoms with Crippen LogP contribution in [0.15, 0.2) is 24.3 Å². The van der Waals surface area contributed by atoms with E-state index >= 15 is 0 Å². The van der Waals surface area contributed by atoms with Crippen LogP contribution < -0.4 is 5.32 Å². The summed E-state index contributed by atoms with van der Waals surface area (Å²) in [5.74, 6) is 0.619. The summed E-state index contributed by atoms with van der Waals surface area (Å²) in [6.45, 7) is 4.25. The first-order valence-electron chi connectivity index (χ1n) is 8.04. The van der Waals surface area contributed by atoms with E-state index in [2.05, 4.69) is 34.2 Å². The molecule has 1 unspecified atom stereocenters. The molecule has 6 heteroatoms. The summed E-state index contributed by atoms with van der Waals surface area (Å²) in [7, 11) is 2.13. The molecule has 124 valence electrons. The van der Waals surface area contributed by atoms with Gasteiger partial charge in [0.25, 0.3) is 6.43 Å². The van der Waals surface area contributed by atoms with Crippen molar-refractivity contribution in [2.75, 3.05) is 25.5 Å². The van der Waals surface area contributed by atoms with Gasteiger partial charge >= 0.3 is 0 Å². The molecule has 3 rings (SSSR count). The average Bonchev–Trinajstić information content (AvgIpc) is 2.55. The third kappa shape index (κ3) is 3.58. The van der Waals surface area contributed by atoms with Gasteiger partial charge in [-0.3, -0.25) is 0 Å². The monoisotopic (exact) mass is 320 g/mol. The molecule has 1 atom stereocenters. The van der Waals surface area contributed by atoms with Crippen LogP contribution in [-0.4, -0.2) is 41.0 Å². The number of aromatic nitrogens is 2. The molecule has 2 heterocycles. The number of halogens is 2. The quantitative estimate of drug-likeness (QED) is 0.932. The Morgan fingerprint density at radius 3 is 2.57 bits per heavy atom. The van der Waals surface area contributed by atoms with Crippen LogP contribution in [0.25, 0.3) is 10.9 Å². The van der Waals surface area contributed by atoms with E-state index in [1.165, 1.54) is 0 Å². The van der Waals surface area contributed by atoms with Crippen molar-refractivity contribution in [3.8, 4) is 0 Å². The Balaban J connectivity index is 1.86. The van der Waals surface area contributed by atoms with E-state index in [1.807, 2.05) is 12.1 Å². The predicted octanol–water partition coefficient (Wildman–Crippen LogP) is 3.71. The van der Waals surface area contributed by atoms with Gasteiger partial charge in [0.15, 0.2) is 5.82 Å². The van der Waals surface area contributed by atoms with Gasteiger partial charge in [0.05, 0.1) is 5.52 Å². The van der Waals surface area contributed by atoms with Crippen LogP contribution in [0.2, 0.25) is 0 Å². The third-order valence-corrected chi connectivity index (χ3v) is 4.65. The van der Waals surface area contributed by atoms with Crippen molar-refractivity contribution in [2.24, 2.45) is 5.92 Å². The van der Waals surface area contributed by atoms with Crippen LogP contribution in [0.5, 0.6) is 0 Å². The van der Waals surface area contributed by atoms with Crippen LogP contribution in [0.4, 0.5) is 14.6 Å². The lowest BCUT2D eigenvalue weighted by Crippen LogP contribution is -2.37. The maximum Gasteiger partial charge on any atom is 0.297 e. The summed E-state index contributed by atoms with van der Waals surface area (Å²) >= 11 is 0. The van der Waals surface area contributed by atoms with E-state index in [1.54, 1.807) is 12.1 Å². The lowest BCUT2D eigenvalue weighted by Gasteiger charge is -2.33. The Morgan fingerprint density at radius 1 is 1.17 bits per heavy atom. The molecule has 0 saturated carbocycles. The van der Waals surface area contributed by atoms with Gasteiger partial charge < -0.3 is 10.2 Å². The fourth-order valence-corrected chi connectivity index (χ4v) is 3.16. The molecule has 1 aliphatic heterocycles. The predicted molar refractivity (Wildman–Crippen MR) is 87.8 cm³/mol. The normalized spacial score (nSPS) is 18.5. The van der Waals surface area contributed by atoms with Crippen molar-refractivity contribution in [1.29, 1.82) is 0 Å². The third-order valence-electron chi connectivity index (χ3n) is 4.65. The van der Waals surface area contributed by atoms with E-state index in [0.29, 0.717) is 17.3 Å². The largest absolute Gasteiger partial charge is 0.367 e. The number of fused-ring (bicyclic) bond motifs is 1. The SMILES string of the molecule is CC(Nc1nc(C(F)F)nc2ccccc12)C1CCN(C)CC1. The summed E-state index contributed by atoms with van der Waals surface area (Å²) in [5.41, 5.74) is 0.552. The van der Waals surface area contributed by atoms with E-state index < -0.39 is 12.2 Å². The van der Waals surface area contributed by atoms with E-state index in [-0.39, 0.29) is 6.04 Å². The standard InChI is InChI=1S/C17H22F2N4/c1-11(12-7-9-23(2)10-8-12)20-16-13-5-3-4-6-14(13)21-17(22-16)15(18)19/h3-6,11-12,15H,7-10H2,1-2H3,(H,20,21,22). The van der Waals surface area contributed by atoms with Crippen molar-refractivity contribution < 1.29 is 8.78 Å². The molecule has 1 saturated heterocycles. The number of rotatable bonds is 4. The van der Waals surface area contributed by atoms with Gasteiger partial charge in [-0.25, -0.2) is 18.7 Å². The molecule has 2 aromatic rings. The lowest BCUT2D eigenvalue weighted by atomic mass is 9.90. The first-order valence-corrected chi connectivity index (χ1v) is 8.04. The highest BCUT2D eigenvalue weighted by molar-refractivity contribution is 5.89. The number of benzene rings is 1. The second-order valence-electron chi connectivity index (χ2n) is 6.32. The van der Waals surface area contributed by atoms with Gasteiger partial charge in [0.2, 0.25) is 0 Å². The van der Waals surface area contributed by atoms with E-state index in [0.717, 1.165) is 31.3 Å². The van der Waals surface area contributed by atoms with Gasteiger partial charge in [-0.1, -0.05) is 12.1 Å². The highest BCUT2D eigenvalue weighted by atomic mass is 19.3. The molecule has 1 aromatic heterocycles. The van der Waals surface area contributed by atoms with Crippen molar-refractivity contribution in [3.63, 3.8) is 0 Å². The molecule has 1 aromatic carbocycles. The molecule has 0 bridgehead atoms. The Kier molecular flexibility index (Phi) is 4.71. The van der Waals surface area contributed by atoms with Crippen LogP contribution in [-0.2, 0) is 0 Å². The number of hydrogen-bond donors (Lipinski definition) is 1. The second-order valence-corrected chi connectivity index (χ2v) is 6.32. The average molecular weight is 320 g/mol. The second kappa shape index (κ2) is 6.74. The summed E-state index contributed by atoms with van der Waals surface area (Å²) in [4.78, 5) is 10.3. The number of nitrogens with one attached hydrogen (secondary N) is 1. The van der Waals surface area contributed by atoms with Gasteiger partial charge in [-0.05, 0) is 58.0 Å². The molecular formula is C17H22F2N4. The van der Waals surface area contributed by atoms with Crippen LogP contribution in [0.1, 0.15) is 32.0 Å². The minimum atomic E-state index is -2.67. The van der Waals surface area contributed by atoms with Crippen molar-refractivity contribution in [3.05, 3.63) is 30.1 Å². The van der Waals surface area contributed by atoms with Gasteiger partial charge in [0.1, 0.15) is 5.82 Å². The zero-order valence-corrected chi connectivity index (χ0v) is 13.5. The molecule has 0 aliphatic carbocycles. The Hall–Kier alpha value is -1.82. The van der Waals surface area contributed by atoms with Crippen LogP contribution in [0.3, 0.4) is 0 Å². The molecule has 0 spiro atoms. The number of piperidine rings is 1. The van der Waals surface area contributed by atoms with E-state index in [9.17, 15) is 8.78 Å². The first-order chi connectivity index (χ1) is 11.0. The van der Waals surface area contributed by atoms with E-state index in [4.69, 9.17) is 0 Å². The molecule has 1 N–H and O–H groups in total. The van der Waals surface area contributed by atoms with Crippen molar-refractivity contribution >= 4 is 16.7 Å². The molecule has 1 fully saturated rings. The zero-order valence-electron chi connectivity index (χ0n) is 13.5. The number of anilines is 1. The number of hydrogen-bond acceptors (Lipinski definition) is 4. The highest BCUT2D eigenvalue weighted by Crippen LogP contribution is 2.27. The van der Waals surface area contributed by atoms with Gasteiger partial charge in [-0.15, -0.1) is 0 Å². The van der Waals surface area contributed by atoms with Crippen molar-refractivity contribution in [1.82, 2.24) is 14.9 Å². The molecule has 23 heavy (non-hydrogen) atoms. The Morgan fingerprint density at radius 2 is 1.87 bits per heavy atom. The Bertz CT molecular complexity index is 669. The number of likely N-dealkylation sites (tertiary alicyclic amines) is 1. The smallest absolute Gasteiger partial charge is 0.297 e. The number of para-hydroxylation sites is 1. The molecular weight excluding hydrogens is 298 g/mol. The molecule has 1 aliphatic rings. The van der Waals surface area contributed by atoms with Crippen molar-refractivity contribution in [2.45, 2.75) is 32.2 Å². The molecule has 0 amide bonds. The molecule has 0 radical (unpaired) electrons. The maximum atomic E-state index is 13.1. The summed E-state index contributed by atoms with van der Waals surface area (Å²) in [6.07, 6.45) is -0.455. The lowest BCUT2D eigenvalue weighted by molar-refractivity contribution is 0.141. The zero-order chi connectivity index (χ0) is 16.4. The first kappa shape index (κ1) is 16.1. The van der Waals surface area contributed by atoms with Gasteiger partial charge in [-0.2, -0.15) is 0 Å². The minimum Gasteiger partial charge on any atom is -0.367 e. The summed E-state index contributed by atoms with van der Waals surface area (Å²) in [6, 6.07) is 7.48. The topological polar surface area (TPSA) is 41.1 Å². The molecule has 4 nitrogen and oxygen atoms in total. The summed E-state index contributed by atoms with van der Waals surface area (Å²) < 4.78 is 26.1. The maximum absolute atomic E-state index is 13.1. The number of alkyl halides is 2. The van der Waals surface area contributed by atoms with Crippen LogP contribution in [0, 0.1) is 5.92 Å². The minimum absolute atomic E-state index is 0.188. The highest BCUT2D eigenvalue weighted by Gasteiger charge is 2.23. The fraction of sp³-hybridized carbons (Fsp3) is 0.529. The summed E-state index contributed by atoms with van der Waals surface area (Å²) in [5, 5.41) is 4.15. The van der Waals surface area contributed by atoms with Gasteiger partial charge in [0, 0.05) is 11.4 Å². The number of nitrogens with zero attached hydrogens (tertiary/aromatic N) is 3. The Labute approximate surface area is 134 Å². The van der Waals surface area contributed by atoms with Crippen LogP contribution >= 0.6 is 0 Å². The fourth-order valence-electron chi connectivity index (χ4n) is 3.16.